The van der Waals surface area contributed by atoms with Gasteiger partial charge in [0, 0.05) is 12.4 Å². The first kappa shape index (κ1) is 6.02. The van der Waals surface area contributed by atoms with Gasteiger partial charge in [-0.2, -0.15) is 0 Å². The summed E-state index contributed by atoms with van der Waals surface area (Å²) in [6.07, 6.45) is 14.5. The van der Waals surface area contributed by atoms with E-state index in [9.17, 15) is 0 Å². The van der Waals surface area contributed by atoms with Gasteiger partial charge in [0.05, 0.1) is 0 Å². The van der Waals surface area contributed by atoms with Crippen molar-refractivity contribution >= 4 is 6.21 Å². The van der Waals surface area contributed by atoms with Crippen LogP contribution in [0.1, 0.15) is 6.42 Å². The number of aliphatic imine (C=N–C) groups is 1. The van der Waals surface area contributed by atoms with Gasteiger partial charge in [0.15, 0.2) is 0 Å². The molecule has 0 saturated carbocycles. The van der Waals surface area contributed by atoms with Crippen LogP contribution in [0.2, 0.25) is 0 Å². The van der Waals surface area contributed by atoms with Crippen LogP contribution in [0.25, 0.3) is 0 Å². The summed E-state index contributed by atoms with van der Waals surface area (Å²) < 4.78 is 0. The van der Waals surface area contributed by atoms with Gasteiger partial charge in [0.2, 0.25) is 0 Å². The highest BCUT2D eigenvalue weighted by Crippen LogP contribution is 1.89. The zero-order valence-electron chi connectivity index (χ0n) is 5.20. The highest BCUT2D eigenvalue weighted by molar-refractivity contribution is 5.72. The molecular weight excluding hydrogens is 110 g/mol. The zero-order chi connectivity index (χ0) is 6.36. The van der Waals surface area contributed by atoms with Crippen LogP contribution >= 0.6 is 0 Å². The van der Waals surface area contributed by atoms with E-state index in [0.29, 0.717) is 0 Å². The maximum absolute atomic E-state index is 3.96. The third kappa shape index (κ3) is 2.65. The van der Waals surface area contributed by atoms with Crippen molar-refractivity contribution in [1.82, 2.24) is 0 Å². The molecule has 0 N–H and O–H groups in total. The zero-order valence-corrected chi connectivity index (χ0v) is 5.20. The molecule has 46 valence electrons. The van der Waals surface area contributed by atoms with E-state index >= 15 is 0 Å². The Morgan fingerprint density at radius 2 is 2.00 bits per heavy atom. The maximum Gasteiger partial charge on any atom is 0.0267 e. The first-order chi connectivity index (χ1) is 4.50. The summed E-state index contributed by atoms with van der Waals surface area (Å²) in [5.41, 5.74) is 0. The third-order valence-electron chi connectivity index (χ3n) is 0.994. The lowest BCUT2D eigenvalue weighted by molar-refractivity contribution is 1.37. The van der Waals surface area contributed by atoms with E-state index in [-0.39, 0.29) is 0 Å². The number of hydrogen-bond donors (Lipinski definition) is 0. The van der Waals surface area contributed by atoms with E-state index < -0.39 is 0 Å². The summed E-state index contributed by atoms with van der Waals surface area (Å²) in [5.74, 6) is 0. The first-order valence-corrected chi connectivity index (χ1v) is 3.00. The van der Waals surface area contributed by atoms with Crippen LogP contribution in [-0.4, -0.2) is 6.21 Å². The molecule has 0 saturated heterocycles. The van der Waals surface area contributed by atoms with Gasteiger partial charge in [-0.1, -0.05) is 24.3 Å². The number of rotatable bonds is 0. The minimum absolute atomic E-state index is 0.974. The van der Waals surface area contributed by atoms with Gasteiger partial charge in [-0.25, -0.2) is 0 Å². The molecule has 9 heavy (non-hydrogen) atoms. The van der Waals surface area contributed by atoms with Crippen molar-refractivity contribution in [3.05, 3.63) is 36.6 Å². The Labute approximate surface area is 55.1 Å². The van der Waals surface area contributed by atoms with Crippen molar-refractivity contribution in [3.63, 3.8) is 0 Å². The van der Waals surface area contributed by atoms with Crippen molar-refractivity contribution in [2.75, 3.05) is 0 Å². The molecule has 0 aromatic carbocycles. The van der Waals surface area contributed by atoms with Gasteiger partial charge < -0.3 is 0 Å². The van der Waals surface area contributed by atoms with Crippen LogP contribution in [0.15, 0.2) is 41.6 Å². The molecular formula is C8H9N. The Hall–Kier alpha value is -1.11. The van der Waals surface area contributed by atoms with Gasteiger partial charge in [0.1, 0.15) is 0 Å². The first-order valence-electron chi connectivity index (χ1n) is 3.00. The molecule has 1 heterocycles. The summed E-state index contributed by atoms with van der Waals surface area (Å²) in [4.78, 5) is 3.96. The quantitative estimate of drug-likeness (QED) is 0.463. The van der Waals surface area contributed by atoms with Crippen LogP contribution < -0.4 is 0 Å². The molecule has 1 aliphatic rings. The Morgan fingerprint density at radius 3 is 3.00 bits per heavy atom. The van der Waals surface area contributed by atoms with Gasteiger partial charge in [-0.15, -0.1) is 0 Å². The van der Waals surface area contributed by atoms with Gasteiger partial charge >= 0.3 is 0 Å². The smallest absolute Gasteiger partial charge is 0.0267 e. The Morgan fingerprint density at radius 1 is 1.00 bits per heavy atom. The van der Waals surface area contributed by atoms with Crippen LogP contribution in [0.3, 0.4) is 0 Å². The van der Waals surface area contributed by atoms with Crippen LogP contribution in [-0.2, 0) is 0 Å². The van der Waals surface area contributed by atoms with Gasteiger partial charge in [-0.05, 0) is 12.5 Å². The molecule has 0 aromatic rings. The Bertz CT molecular complexity index is 153. The summed E-state index contributed by atoms with van der Waals surface area (Å²) in [6, 6.07) is 0. The molecule has 1 nitrogen and oxygen atoms in total. The maximum atomic E-state index is 3.96. The fourth-order valence-corrected chi connectivity index (χ4v) is 0.571. The molecule has 0 bridgehead atoms. The Kier molecular flexibility index (Phi) is 2.57. The summed E-state index contributed by atoms with van der Waals surface area (Å²) in [7, 11) is 0. The molecule has 0 aromatic heterocycles. The molecule has 1 rings (SSSR count). The molecule has 0 radical (unpaired) electrons. The highest BCUT2D eigenvalue weighted by Gasteiger charge is 1.70. The van der Waals surface area contributed by atoms with Crippen molar-refractivity contribution in [3.8, 4) is 0 Å². The van der Waals surface area contributed by atoms with Crippen molar-refractivity contribution in [2.45, 2.75) is 6.42 Å². The molecule has 0 unspecified atom stereocenters. The number of allylic oxidation sites excluding steroid dienone is 5. The minimum Gasteiger partial charge on any atom is -0.265 e. The van der Waals surface area contributed by atoms with Crippen molar-refractivity contribution in [1.29, 1.82) is 0 Å². The lowest BCUT2D eigenvalue weighted by Crippen LogP contribution is -1.57. The highest BCUT2D eigenvalue weighted by atomic mass is 14.6. The monoisotopic (exact) mass is 119 g/mol. The third-order valence-corrected chi connectivity index (χ3v) is 0.994. The topological polar surface area (TPSA) is 12.4 Å². The van der Waals surface area contributed by atoms with Crippen molar-refractivity contribution < 1.29 is 0 Å². The molecule has 0 spiro atoms. The summed E-state index contributed by atoms with van der Waals surface area (Å²) in [5, 5.41) is 0. The molecule has 1 aliphatic heterocycles. The second-order valence-corrected chi connectivity index (χ2v) is 1.73. The lowest BCUT2D eigenvalue weighted by Gasteiger charge is -1.74. The van der Waals surface area contributed by atoms with E-state index in [1.54, 1.807) is 12.4 Å². The predicted octanol–water partition coefficient (Wildman–Crippen LogP) is 2.09. The molecule has 0 aliphatic carbocycles. The molecule has 0 atom stereocenters. The van der Waals surface area contributed by atoms with Crippen LogP contribution in [0.5, 0.6) is 0 Å². The largest absolute Gasteiger partial charge is 0.265 e. The molecule has 0 fully saturated rings. The minimum atomic E-state index is 0.974. The molecule has 0 amide bonds. The predicted molar refractivity (Wildman–Crippen MR) is 40.5 cm³/mol. The summed E-state index contributed by atoms with van der Waals surface area (Å²) >= 11 is 0. The number of hydrogen-bond acceptors (Lipinski definition) is 1. The van der Waals surface area contributed by atoms with E-state index in [1.165, 1.54) is 0 Å². The molecule has 1 heteroatoms. The Balaban J connectivity index is 2.60. The fraction of sp³-hybridized carbons (Fsp3) is 0.125. The van der Waals surface area contributed by atoms with E-state index in [2.05, 4.69) is 11.1 Å². The van der Waals surface area contributed by atoms with E-state index in [4.69, 9.17) is 0 Å². The van der Waals surface area contributed by atoms with Gasteiger partial charge in [0.25, 0.3) is 0 Å². The normalized spacial score (nSPS) is 16.9. The summed E-state index contributed by atoms with van der Waals surface area (Å²) in [6.45, 7) is 0. The number of nitrogens with zero attached hydrogens (tertiary/aromatic N) is 1. The van der Waals surface area contributed by atoms with Crippen LogP contribution in [0.4, 0.5) is 0 Å². The van der Waals surface area contributed by atoms with Crippen molar-refractivity contribution in [2.24, 2.45) is 4.99 Å². The standard InChI is InChI=1S/C8H9N/c1-2-4-6-8-9-7-5-3-1/h1-3,5-8H,4H2. The van der Waals surface area contributed by atoms with E-state index in [0.717, 1.165) is 6.42 Å². The average molecular weight is 119 g/mol. The van der Waals surface area contributed by atoms with E-state index in [1.807, 2.05) is 24.3 Å². The SMILES string of the molecule is C1=CC=NC=CCC=C1. The second kappa shape index (κ2) is 3.84. The fourth-order valence-electron chi connectivity index (χ4n) is 0.571. The van der Waals surface area contributed by atoms with Gasteiger partial charge in [-0.3, -0.25) is 4.99 Å². The second-order valence-electron chi connectivity index (χ2n) is 1.73. The average Bonchev–Trinajstić information content (AvgIpc) is 2.00. The van der Waals surface area contributed by atoms with Crippen LogP contribution in [0, 0.1) is 0 Å². The lowest BCUT2D eigenvalue weighted by atomic mass is 10.3.